The number of rotatable bonds is 1. The summed E-state index contributed by atoms with van der Waals surface area (Å²) in [5, 5.41) is 0. The number of nitrogens with zero attached hydrogens (tertiary/aromatic N) is 1. The Balaban J connectivity index is 2.19. The molecule has 0 aromatic heterocycles. The van der Waals surface area contributed by atoms with Crippen LogP contribution in [0, 0.1) is 0 Å². The third-order valence-corrected chi connectivity index (χ3v) is 2.78. The second-order valence-corrected chi connectivity index (χ2v) is 4.02. The number of carbonyl (C=O) groups excluding carboxylic acids is 3. The van der Waals surface area contributed by atoms with E-state index in [2.05, 4.69) is 0 Å². The third kappa shape index (κ3) is 2.34. The zero-order chi connectivity index (χ0) is 12.4. The maximum atomic E-state index is 12.1. The Morgan fingerprint density at radius 3 is 2.53 bits per heavy atom. The largest absolute Gasteiger partial charge is 0.378 e. The molecule has 5 nitrogen and oxygen atoms in total. The summed E-state index contributed by atoms with van der Waals surface area (Å²) in [5.41, 5.74) is 0.283. The molecule has 1 fully saturated rings. The first kappa shape index (κ1) is 11.7. The fourth-order valence-corrected chi connectivity index (χ4v) is 1.84. The Morgan fingerprint density at radius 1 is 1.24 bits per heavy atom. The van der Waals surface area contributed by atoms with Crippen LogP contribution in [0.25, 0.3) is 0 Å². The molecule has 0 N–H and O–H groups in total. The molecule has 1 aliphatic carbocycles. The highest BCUT2D eigenvalue weighted by Gasteiger charge is 2.28. The number of carbonyl (C=O) groups is 3. The van der Waals surface area contributed by atoms with E-state index in [9.17, 15) is 14.4 Å². The van der Waals surface area contributed by atoms with Crippen LogP contribution in [-0.4, -0.2) is 48.7 Å². The van der Waals surface area contributed by atoms with Gasteiger partial charge in [-0.3, -0.25) is 14.4 Å². The van der Waals surface area contributed by atoms with Gasteiger partial charge < -0.3 is 9.64 Å². The summed E-state index contributed by atoms with van der Waals surface area (Å²) >= 11 is 0. The van der Waals surface area contributed by atoms with Crippen molar-refractivity contribution in [3.05, 3.63) is 23.3 Å². The molecule has 17 heavy (non-hydrogen) atoms. The van der Waals surface area contributed by atoms with Crippen molar-refractivity contribution in [2.24, 2.45) is 0 Å². The van der Waals surface area contributed by atoms with E-state index in [0.29, 0.717) is 31.9 Å². The number of ketones is 2. The first-order valence-corrected chi connectivity index (χ1v) is 5.45. The van der Waals surface area contributed by atoms with E-state index < -0.39 is 0 Å². The third-order valence-electron chi connectivity index (χ3n) is 2.78. The van der Waals surface area contributed by atoms with Gasteiger partial charge in [-0.15, -0.1) is 0 Å². The van der Waals surface area contributed by atoms with Crippen molar-refractivity contribution >= 4 is 17.5 Å². The van der Waals surface area contributed by atoms with Gasteiger partial charge in [0.1, 0.15) is 0 Å². The van der Waals surface area contributed by atoms with Gasteiger partial charge in [0.15, 0.2) is 11.6 Å². The van der Waals surface area contributed by atoms with Crippen LogP contribution in [0.3, 0.4) is 0 Å². The highest BCUT2D eigenvalue weighted by Crippen LogP contribution is 2.15. The molecule has 1 saturated heterocycles. The fourth-order valence-electron chi connectivity index (χ4n) is 1.84. The summed E-state index contributed by atoms with van der Waals surface area (Å²) in [4.78, 5) is 36.7. The van der Waals surface area contributed by atoms with Crippen molar-refractivity contribution in [2.45, 2.75) is 6.92 Å². The van der Waals surface area contributed by atoms with Crippen molar-refractivity contribution in [1.82, 2.24) is 4.90 Å². The van der Waals surface area contributed by atoms with Crippen LogP contribution in [-0.2, 0) is 19.1 Å². The van der Waals surface area contributed by atoms with Gasteiger partial charge in [0.2, 0.25) is 0 Å². The Kier molecular flexibility index (Phi) is 3.19. The van der Waals surface area contributed by atoms with Crippen LogP contribution >= 0.6 is 0 Å². The molecule has 2 aliphatic rings. The number of morpholine rings is 1. The fraction of sp³-hybridized carbons (Fsp3) is 0.417. The van der Waals surface area contributed by atoms with Gasteiger partial charge in [-0.05, 0) is 13.0 Å². The molecule has 2 rings (SSSR count). The minimum absolute atomic E-state index is 0.0306. The lowest BCUT2D eigenvalue weighted by atomic mass is 9.96. The lowest BCUT2D eigenvalue weighted by Gasteiger charge is -2.27. The van der Waals surface area contributed by atoms with Gasteiger partial charge in [-0.2, -0.15) is 0 Å². The second kappa shape index (κ2) is 4.63. The number of ether oxygens (including phenoxy) is 1. The minimum atomic E-state index is -0.376. The van der Waals surface area contributed by atoms with Crippen molar-refractivity contribution in [3.8, 4) is 0 Å². The van der Waals surface area contributed by atoms with E-state index in [1.54, 1.807) is 11.8 Å². The predicted molar refractivity (Wildman–Crippen MR) is 59.3 cm³/mol. The van der Waals surface area contributed by atoms with E-state index in [4.69, 9.17) is 4.74 Å². The van der Waals surface area contributed by atoms with Gasteiger partial charge in [0.25, 0.3) is 5.91 Å². The van der Waals surface area contributed by atoms with E-state index in [-0.39, 0.29) is 23.0 Å². The highest BCUT2D eigenvalue weighted by atomic mass is 16.5. The summed E-state index contributed by atoms with van der Waals surface area (Å²) in [6.07, 6.45) is 2.37. The second-order valence-electron chi connectivity index (χ2n) is 4.02. The molecule has 0 spiro atoms. The minimum Gasteiger partial charge on any atom is -0.378 e. The summed E-state index contributed by atoms with van der Waals surface area (Å²) in [7, 11) is 0. The Bertz CT molecular complexity index is 441. The highest BCUT2D eigenvalue weighted by molar-refractivity contribution is 6.31. The summed E-state index contributed by atoms with van der Waals surface area (Å²) < 4.78 is 5.13. The average molecular weight is 235 g/mol. The maximum Gasteiger partial charge on any atom is 0.258 e. The van der Waals surface area contributed by atoms with Crippen LogP contribution in [0.4, 0.5) is 0 Å². The maximum absolute atomic E-state index is 12.1. The normalized spacial score (nSPS) is 21.1. The molecule has 0 radical (unpaired) electrons. The number of amides is 1. The summed E-state index contributed by atoms with van der Waals surface area (Å²) in [6.45, 7) is 3.40. The molecule has 5 heteroatoms. The zero-order valence-electron chi connectivity index (χ0n) is 9.56. The Labute approximate surface area is 98.7 Å². The lowest BCUT2D eigenvalue weighted by Crippen LogP contribution is -2.43. The topological polar surface area (TPSA) is 63.7 Å². The summed E-state index contributed by atoms with van der Waals surface area (Å²) in [6, 6.07) is 0. The van der Waals surface area contributed by atoms with Crippen LogP contribution in [0.2, 0.25) is 0 Å². The molecule has 0 aromatic rings. The number of hydrogen-bond donors (Lipinski definition) is 0. The Hall–Kier alpha value is -1.75. The molecule has 0 unspecified atom stereocenters. The van der Waals surface area contributed by atoms with Gasteiger partial charge >= 0.3 is 0 Å². The van der Waals surface area contributed by atoms with Crippen molar-refractivity contribution in [2.75, 3.05) is 26.3 Å². The van der Waals surface area contributed by atoms with Gasteiger partial charge in [0, 0.05) is 24.7 Å². The van der Waals surface area contributed by atoms with Gasteiger partial charge in [0.05, 0.1) is 18.8 Å². The van der Waals surface area contributed by atoms with Crippen LogP contribution in [0.1, 0.15) is 6.92 Å². The lowest BCUT2D eigenvalue weighted by molar-refractivity contribution is -0.133. The first-order chi connectivity index (χ1) is 8.09. The van der Waals surface area contributed by atoms with Crippen molar-refractivity contribution in [3.63, 3.8) is 0 Å². The Morgan fingerprint density at radius 2 is 1.88 bits per heavy atom. The standard InChI is InChI=1S/C12H13NO4/c1-8-6-9(14)7-10(11(8)15)12(16)13-2-4-17-5-3-13/h6-7H,2-5H2,1H3. The predicted octanol–water partition coefficient (Wildman–Crippen LogP) is -0.130. The monoisotopic (exact) mass is 235 g/mol. The van der Waals surface area contributed by atoms with Crippen molar-refractivity contribution < 1.29 is 19.1 Å². The van der Waals surface area contributed by atoms with E-state index >= 15 is 0 Å². The zero-order valence-corrected chi connectivity index (χ0v) is 9.56. The van der Waals surface area contributed by atoms with Gasteiger partial charge in [-0.25, -0.2) is 0 Å². The molecule has 1 amide bonds. The molecule has 0 saturated carbocycles. The van der Waals surface area contributed by atoms with Crippen molar-refractivity contribution in [1.29, 1.82) is 0 Å². The molecular weight excluding hydrogens is 222 g/mol. The number of hydrogen-bond acceptors (Lipinski definition) is 4. The molecule has 0 atom stereocenters. The smallest absolute Gasteiger partial charge is 0.258 e. The quantitative estimate of drug-likeness (QED) is 0.469. The average Bonchev–Trinajstić information content (AvgIpc) is 2.34. The number of allylic oxidation sites excluding steroid dienone is 3. The van der Waals surface area contributed by atoms with E-state index in [0.717, 1.165) is 6.08 Å². The first-order valence-electron chi connectivity index (χ1n) is 5.45. The summed E-state index contributed by atoms with van der Waals surface area (Å²) in [5.74, 6) is -1.04. The van der Waals surface area contributed by atoms with Crippen LogP contribution in [0.15, 0.2) is 23.3 Å². The van der Waals surface area contributed by atoms with E-state index in [1.165, 1.54) is 6.08 Å². The van der Waals surface area contributed by atoms with Gasteiger partial charge in [-0.1, -0.05) is 0 Å². The molecular formula is C12H13NO4. The molecule has 90 valence electrons. The van der Waals surface area contributed by atoms with Crippen LogP contribution in [0.5, 0.6) is 0 Å². The number of Topliss-reactive ketones (excluding diaryl/α,β-unsaturated/α-hetero) is 1. The molecule has 0 bridgehead atoms. The SMILES string of the molecule is CC1=CC(=O)C=C(C(=O)N2CCOCC2)C1=O. The van der Waals surface area contributed by atoms with Crippen LogP contribution < -0.4 is 0 Å². The molecule has 1 aliphatic heterocycles. The van der Waals surface area contributed by atoms with E-state index in [1.807, 2.05) is 0 Å². The molecule has 0 aromatic carbocycles. The molecule has 1 heterocycles.